The Morgan fingerprint density at radius 1 is 1.24 bits per heavy atom. The molecule has 92 valence electrons. The van der Waals surface area contributed by atoms with Gasteiger partial charge in [0, 0.05) is 6.04 Å². The van der Waals surface area contributed by atoms with Crippen molar-refractivity contribution in [2.24, 2.45) is 0 Å². The summed E-state index contributed by atoms with van der Waals surface area (Å²) in [5.74, 6) is 0.0651. The first-order chi connectivity index (χ1) is 8.15. The molecule has 1 amide bonds. The lowest BCUT2D eigenvalue weighted by atomic mass is 10.1. The van der Waals surface area contributed by atoms with Crippen molar-refractivity contribution in [3.05, 3.63) is 33.8 Å². The molecule has 4 heteroatoms. The standard InChI is InChI=1S/C13H15Cl2NO/c14-11-6-5-9(7-12(11)15)8-13(17)16-10-3-1-2-4-10/h5-7,10H,1-4,8H2,(H,16,17). The molecule has 0 atom stereocenters. The largest absolute Gasteiger partial charge is 0.353 e. The predicted octanol–water partition coefficient (Wildman–Crippen LogP) is 3.59. The molecule has 1 N–H and O–H groups in total. The quantitative estimate of drug-likeness (QED) is 0.895. The molecule has 0 radical (unpaired) electrons. The van der Waals surface area contributed by atoms with E-state index in [-0.39, 0.29) is 5.91 Å². The molecular weight excluding hydrogens is 257 g/mol. The fraction of sp³-hybridized carbons (Fsp3) is 0.462. The zero-order valence-electron chi connectivity index (χ0n) is 9.51. The number of nitrogens with one attached hydrogen (secondary N) is 1. The number of halogens is 2. The van der Waals surface area contributed by atoms with Gasteiger partial charge in [0.25, 0.3) is 0 Å². The van der Waals surface area contributed by atoms with Crippen molar-refractivity contribution in [2.45, 2.75) is 38.1 Å². The van der Waals surface area contributed by atoms with Gasteiger partial charge in [-0.3, -0.25) is 4.79 Å². The molecule has 1 aliphatic carbocycles. The van der Waals surface area contributed by atoms with E-state index in [1.54, 1.807) is 12.1 Å². The predicted molar refractivity (Wildman–Crippen MR) is 70.6 cm³/mol. The molecular formula is C13H15Cl2NO. The van der Waals surface area contributed by atoms with Gasteiger partial charge in [-0.1, -0.05) is 42.1 Å². The molecule has 2 rings (SSSR count). The van der Waals surface area contributed by atoms with Crippen LogP contribution in [0.5, 0.6) is 0 Å². The van der Waals surface area contributed by atoms with Gasteiger partial charge < -0.3 is 5.32 Å². The molecule has 0 spiro atoms. The van der Waals surface area contributed by atoms with Crippen molar-refractivity contribution in [3.63, 3.8) is 0 Å². The highest BCUT2D eigenvalue weighted by Crippen LogP contribution is 2.23. The molecule has 0 bridgehead atoms. The lowest BCUT2D eigenvalue weighted by Gasteiger charge is -2.11. The van der Waals surface area contributed by atoms with Gasteiger partial charge in [-0.25, -0.2) is 0 Å². The zero-order chi connectivity index (χ0) is 12.3. The Hall–Kier alpha value is -0.730. The summed E-state index contributed by atoms with van der Waals surface area (Å²) in [5.41, 5.74) is 0.898. The van der Waals surface area contributed by atoms with Crippen LogP contribution in [0, 0.1) is 0 Å². The van der Waals surface area contributed by atoms with Crippen LogP contribution in [0.4, 0.5) is 0 Å². The minimum Gasteiger partial charge on any atom is -0.353 e. The van der Waals surface area contributed by atoms with Crippen molar-refractivity contribution in [1.29, 1.82) is 0 Å². The lowest BCUT2D eigenvalue weighted by molar-refractivity contribution is -0.121. The molecule has 0 aliphatic heterocycles. The van der Waals surface area contributed by atoms with Crippen molar-refractivity contribution in [2.75, 3.05) is 0 Å². The highest BCUT2D eigenvalue weighted by atomic mass is 35.5. The van der Waals surface area contributed by atoms with Crippen LogP contribution >= 0.6 is 23.2 Å². The Bertz CT molecular complexity index is 414. The summed E-state index contributed by atoms with van der Waals surface area (Å²) in [7, 11) is 0. The number of amides is 1. The molecule has 1 aliphatic rings. The molecule has 0 saturated heterocycles. The Labute approximate surface area is 111 Å². The average Bonchev–Trinajstić information content (AvgIpc) is 2.76. The molecule has 1 aromatic carbocycles. The van der Waals surface area contributed by atoms with E-state index in [9.17, 15) is 4.79 Å². The van der Waals surface area contributed by atoms with E-state index in [0.717, 1.165) is 18.4 Å². The molecule has 1 aromatic rings. The van der Waals surface area contributed by atoms with Gasteiger partial charge in [0.05, 0.1) is 16.5 Å². The van der Waals surface area contributed by atoms with E-state index in [2.05, 4.69) is 5.32 Å². The summed E-state index contributed by atoms with van der Waals surface area (Å²) in [6.45, 7) is 0. The third-order valence-electron chi connectivity index (χ3n) is 3.07. The van der Waals surface area contributed by atoms with Crippen LogP contribution in [-0.2, 0) is 11.2 Å². The lowest BCUT2D eigenvalue weighted by Crippen LogP contribution is -2.33. The third-order valence-corrected chi connectivity index (χ3v) is 3.81. The summed E-state index contributed by atoms with van der Waals surface area (Å²) < 4.78 is 0. The summed E-state index contributed by atoms with van der Waals surface area (Å²) >= 11 is 11.7. The van der Waals surface area contributed by atoms with Gasteiger partial charge in [-0.2, -0.15) is 0 Å². The number of rotatable bonds is 3. The number of benzene rings is 1. The molecule has 0 heterocycles. The summed E-state index contributed by atoms with van der Waals surface area (Å²) in [6, 6.07) is 5.67. The SMILES string of the molecule is O=C(Cc1ccc(Cl)c(Cl)c1)NC1CCCC1. The van der Waals surface area contributed by atoms with Crippen molar-refractivity contribution >= 4 is 29.1 Å². The maximum absolute atomic E-state index is 11.8. The third kappa shape index (κ3) is 3.62. The van der Waals surface area contributed by atoms with E-state index in [1.165, 1.54) is 12.8 Å². The number of hydrogen-bond acceptors (Lipinski definition) is 1. The van der Waals surface area contributed by atoms with Crippen LogP contribution in [0.1, 0.15) is 31.2 Å². The normalized spacial score (nSPS) is 16.1. The van der Waals surface area contributed by atoms with Gasteiger partial charge in [0.1, 0.15) is 0 Å². The highest BCUT2D eigenvalue weighted by Gasteiger charge is 2.17. The maximum Gasteiger partial charge on any atom is 0.224 e. The first-order valence-electron chi connectivity index (χ1n) is 5.88. The van der Waals surface area contributed by atoms with Crippen LogP contribution < -0.4 is 5.32 Å². The van der Waals surface area contributed by atoms with E-state index in [4.69, 9.17) is 23.2 Å². The van der Waals surface area contributed by atoms with E-state index < -0.39 is 0 Å². The molecule has 0 aromatic heterocycles. The fourth-order valence-electron chi connectivity index (χ4n) is 2.18. The second-order valence-corrected chi connectivity index (χ2v) is 5.29. The number of hydrogen-bond donors (Lipinski definition) is 1. The zero-order valence-corrected chi connectivity index (χ0v) is 11.0. The van der Waals surface area contributed by atoms with Crippen LogP contribution in [0.25, 0.3) is 0 Å². The average molecular weight is 272 g/mol. The topological polar surface area (TPSA) is 29.1 Å². The van der Waals surface area contributed by atoms with Crippen LogP contribution in [0.3, 0.4) is 0 Å². The molecule has 0 unspecified atom stereocenters. The molecule has 2 nitrogen and oxygen atoms in total. The monoisotopic (exact) mass is 271 g/mol. The Balaban J connectivity index is 1.90. The first kappa shape index (κ1) is 12.7. The van der Waals surface area contributed by atoms with Gasteiger partial charge in [0.2, 0.25) is 5.91 Å². The van der Waals surface area contributed by atoms with E-state index in [0.29, 0.717) is 22.5 Å². The van der Waals surface area contributed by atoms with Gasteiger partial charge in [0.15, 0.2) is 0 Å². The van der Waals surface area contributed by atoms with Gasteiger partial charge in [-0.05, 0) is 30.5 Å². The van der Waals surface area contributed by atoms with Gasteiger partial charge in [-0.15, -0.1) is 0 Å². The fourth-order valence-corrected chi connectivity index (χ4v) is 2.50. The second kappa shape index (κ2) is 5.74. The Morgan fingerprint density at radius 2 is 1.94 bits per heavy atom. The maximum atomic E-state index is 11.8. The van der Waals surface area contributed by atoms with Crippen LogP contribution in [0.2, 0.25) is 10.0 Å². The summed E-state index contributed by atoms with van der Waals surface area (Å²) in [4.78, 5) is 11.8. The van der Waals surface area contributed by atoms with Crippen LogP contribution in [0.15, 0.2) is 18.2 Å². The Morgan fingerprint density at radius 3 is 2.59 bits per heavy atom. The van der Waals surface area contributed by atoms with Crippen molar-refractivity contribution < 1.29 is 4.79 Å². The highest BCUT2D eigenvalue weighted by molar-refractivity contribution is 6.42. The minimum absolute atomic E-state index is 0.0651. The van der Waals surface area contributed by atoms with E-state index >= 15 is 0 Å². The number of carbonyl (C=O) groups is 1. The minimum atomic E-state index is 0.0651. The summed E-state index contributed by atoms with van der Waals surface area (Å²) in [5, 5.41) is 4.06. The van der Waals surface area contributed by atoms with E-state index in [1.807, 2.05) is 6.07 Å². The molecule has 1 saturated carbocycles. The van der Waals surface area contributed by atoms with Crippen molar-refractivity contribution in [1.82, 2.24) is 5.32 Å². The van der Waals surface area contributed by atoms with Crippen LogP contribution in [-0.4, -0.2) is 11.9 Å². The Kier molecular flexibility index (Phi) is 4.30. The van der Waals surface area contributed by atoms with Crippen molar-refractivity contribution in [3.8, 4) is 0 Å². The second-order valence-electron chi connectivity index (χ2n) is 4.47. The smallest absolute Gasteiger partial charge is 0.224 e. The summed E-state index contributed by atoms with van der Waals surface area (Å²) in [6.07, 6.45) is 5.02. The molecule has 17 heavy (non-hydrogen) atoms. The molecule has 1 fully saturated rings. The van der Waals surface area contributed by atoms with Gasteiger partial charge >= 0.3 is 0 Å². The number of carbonyl (C=O) groups excluding carboxylic acids is 1. The first-order valence-corrected chi connectivity index (χ1v) is 6.64.